The Balaban J connectivity index is 2.85. The number of hydrogen-bond acceptors (Lipinski definition) is 5. The van der Waals surface area contributed by atoms with Crippen molar-refractivity contribution in [2.45, 2.75) is 51.7 Å². The summed E-state index contributed by atoms with van der Waals surface area (Å²) in [4.78, 5) is 23.5. The predicted molar refractivity (Wildman–Crippen MR) is 83.1 cm³/mol. The van der Waals surface area contributed by atoms with Crippen molar-refractivity contribution in [3.8, 4) is 0 Å². The summed E-state index contributed by atoms with van der Waals surface area (Å²) < 4.78 is 32.7. The number of hydrogen-bond donors (Lipinski definition) is 3. The van der Waals surface area contributed by atoms with E-state index >= 15 is 0 Å². The highest BCUT2D eigenvalue weighted by Gasteiger charge is 2.50. The molecule has 0 aromatic rings. The molecule has 134 valence electrons. The lowest BCUT2D eigenvalue weighted by Gasteiger charge is -2.28. The molecule has 1 atom stereocenters. The maximum atomic E-state index is 12.1. The van der Waals surface area contributed by atoms with Crippen molar-refractivity contribution >= 4 is 22.3 Å². The van der Waals surface area contributed by atoms with Gasteiger partial charge in [0, 0.05) is 19.6 Å². The lowest BCUT2D eigenvalue weighted by Crippen LogP contribution is -2.57. The average molecular weight is 351 g/mol. The summed E-state index contributed by atoms with van der Waals surface area (Å²) in [5.74, 6) is -1.29. The Morgan fingerprint density at radius 3 is 2.43 bits per heavy atom. The molecule has 1 fully saturated rings. The number of carbonyl (C=O) groups is 2. The van der Waals surface area contributed by atoms with Crippen molar-refractivity contribution in [3.05, 3.63) is 0 Å². The first-order valence-corrected chi connectivity index (χ1v) is 8.85. The number of carboxylic acid groups (broad SMARTS) is 1. The molecule has 0 aromatic carbocycles. The molecular weight excluding hydrogens is 326 g/mol. The lowest BCUT2D eigenvalue weighted by atomic mass is 9.99. The summed E-state index contributed by atoms with van der Waals surface area (Å²) in [5, 5.41) is 11.8. The Labute approximate surface area is 136 Å². The van der Waals surface area contributed by atoms with Gasteiger partial charge in [0.15, 0.2) is 5.54 Å². The van der Waals surface area contributed by atoms with Gasteiger partial charge in [0.1, 0.15) is 5.60 Å². The van der Waals surface area contributed by atoms with Gasteiger partial charge < -0.3 is 15.2 Å². The first kappa shape index (κ1) is 19.7. The zero-order valence-electron chi connectivity index (χ0n) is 13.9. The molecule has 23 heavy (non-hydrogen) atoms. The Morgan fingerprint density at radius 2 is 1.96 bits per heavy atom. The van der Waals surface area contributed by atoms with Crippen LogP contribution in [-0.2, 0) is 19.7 Å². The number of aliphatic carboxylic acids is 1. The minimum Gasteiger partial charge on any atom is -0.479 e. The minimum atomic E-state index is -3.77. The fourth-order valence-electron chi connectivity index (χ4n) is 2.13. The standard InChI is InChI=1S/C13H25N3O6S/c1-5-7-14-23(20,21)16-8-6-13(9-16,10(17)18)15-11(19)22-12(2,3)4/h14H,5-9H2,1-4H3,(H,15,19)(H,17,18). The third-order valence-electron chi connectivity index (χ3n) is 3.26. The molecule has 1 aliphatic rings. The second-order valence-electron chi connectivity index (χ2n) is 6.50. The molecule has 1 aliphatic heterocycles. The predicted octanol–water partition coefficient (Wildman–Crippen LogP) is 0.285. The van der Waals surface area contributed by atoms with Crippen LogP contribution in [0, 0.1) is 0 Å². The highest BCUT2D eigenvalue weighted by molar-refractivity contribution is 7.87. The van der Waals surface area contributed by atoms with Gasteiger partial charge in [0.2, 0.25) is 0 Å². The van der Waals surface area contributed by atoms with Gasteiger partial charge >= 0.3 is 12.1 Å². The molecule has 0 saturated carbocycles. The number of ether oxygens (including phenoxy) is 1. The van der Waals surface area contributed by atoms with Gasteiger partial charge in [-0.2, -0.15) is 12.7 Å². The van der Waals surface area contributed by atoms with Gasteiger partial charge in [0.25, 0.3) is 10.2 Å². The van der Waals surface area contributed by atoms with Crippen LogP contribution in [-0.4, -0.2) is 60.7 Å². The first-order valence-electron chi connectivity index (χ1n) is 7.41. The first-order chi connectivity index (χ1) is 10.4. The number of alkyl carbamates (subject to hydrolysis) is 1. The molecule has 1 heterocycles. The molecule has 0 aromatic heterocycles. The van der Waals surface area contributed by atoms with Crippen LogP contribution >= 0.6 is 0 Å². The van der Waals surface area contributed by atoms with Crippen LogP contribution in [0.4, 0.5) is 4.79 Å². The van der Waals surface area contributed by atoms with Crippen LogP contribution in [0.1, 0.15) is 40.5 Å². The fourth-order valence-corrected chi connectivity index (χ4v) is 3.50. The molecule has 9 nitrogen and oxygen atoms in total. The van der Waals surface area contributed by atoms with E-state index in [1.165, 1.54) is 0 Å². The number of nitrogens with zero attached hydrogens (tertiary/aromatic N) is 1. The maximum Gasteiger partial charge on any atom is 0.408 e. The van der Waals surface area contributed by atoms with E-state index < -0.39 is 33.4 Å². The number of nitrogens with one attached hydrogen (secondary N) is 2. The van der Waals surface area contributed by atoms with E-state index in [9.17, 15) is 23.1 Å². The van der Waals surface area contributed by atoms with Crippen molar-refractivity contribution in [2.75, 3.05) is 19.6 Å². The number of carboxylic acids is 1. The second-order valence-corrected chi connectivity index (χ2v) is 8.25. The molecule has 3 N–H and O–H groups in total. The van der Waals surface area contributed by atoms with E-state index in [0.717, 1.165) is 4.31 Å². The summed E-state index contributed by atoms with van der Waals surface area (Å²) in [6.45, 7) is 6.69. The van der Waals surface area contributed by atoms with Gasteiger partial charge in [-0.1, -0.05) is 6.92 Å². The van der Waals surface area contributed by atoms with Crippen molar-refractivity contribution < 1.29 is 27.9 Å². The van der Waals surface area contributed by atoms with Gasteiger partial charge in [-0.15, -0.1) is 0 Å². The molecule has 1 amide bonds. The smallest absolute Gasteiger partial charge is 0.408 e. The van der Waals surface area contributed by atoms with Crippen molar-refractivity contribution in [3.63, 3.8) is 0 Å². The highest BCUT2D eigenvalue weighted by Crippen LogP contribution is 2.24. The molecule has 1 rings (SSSR count). The minimum absolute atomic E-state index is 0.00114. The normalized spacial score (nSPS) is 22.8. The topological polar surface area (TPSA) is 125 Å². The van der Waals surface area contributed by atoms with Crippen LogP contribution < -0.4 is 10.0 Å². The Hall–Kier alpha value is -1.39. The Bertz CT molecular complexity index is 557. The Kier molecular flexibility index (Phi) is 6.00. The zero-order chi connectivity index (χ0) is 17.9. The molecule has 0 aliphatic carbocycles. The van der Waals surface area contributed by atoms with Crippen LogP contribution in [0.15, 0.2) is 0 Å². The van der Waals surface area contributed by atoms with Gasteiger partial charge in [0.05, 0.1) is 0 Å². The van der Waals surface area contributed by atoms with E-state index in [0.29, 0.717) is 6.42 Å². The van der Waals surface area contributed by atoms with Gasteiger partial charge in [-0.3, -0.25) is 0 Å². The third kappa shape index (κ3) is 5.33. The van der Waals surface area contributed by atoms with Crippen LogP contribution in [0.25, 0.3) is 0 Å². The van der Waals surface area contributed by atoms with Crippen LogP contribution in [0.2, 0.25) is 0 Å². The summed E-state index contributed by atoms with van der Waals surface area (Å²) in [7, 11) is -3.77. The van der Waals surface area contributed by atoms with E-state index in [2.05, 4.69) is 10.0 Å². The van der Waals surface area contributed by atoms with E-state index in [1.54, 1.807) is 20.8 Å². The molecular formula is C13H25N3O6S. The molecule has 0 spiro atoms. The number of carbonyl (C=O) groups excluding carboxylic acids is 1. The third-order valence-corrected chi connectivity index (χ3v) is 4.82. The lowest BCUT2D eigenvalue weighted by molar-refractivity contribution is -0.144. The zero-order valence-corrected chi connectivity index (χ0v) is 14.7. The average Bonchev–Trinajstić information content (AvgIpc) is 2.80. The van der Waals surface area contributed by atoms with E-state index in [4.69, 9.17) is 4.74 Å². The number of amides is 1. The summed E-state index contributed by atoms with van der Waals surface area (Å²) in [6, 6.07) is 0. The second kappa shape index (κ2) is 7.02. The molecule has 0 radical (unpaired) electrons. The van der Waals surface area contributed by atoms with Crippen molar-refractivity contribution in [2.24, 2.45) is 0 Å². The van der Waals surface area contributed by atoms with Crippen molar-refractivity contribution in [1.82, 2.24) is 14.3 Å². The van der Waals surface area contributed by atoms with Gasteiger partial charge in [-0.05, 0) is 33.6 Å². The van der Waals surface area contributed by atoms with Gasteiger partial charge in [-0.25, -0.2) is 14.3 Å². The molecule has 1 unspecified atom stereocenters. The van der Waals surface area contributed by atoms with Crippen LogP contribution in [0.5, 0.6) is 0 Å². The monoisotopic (exact) mass is 351 g/mol. The summed E-state index contributed by atoms with van der Waals surface area (Å²) >= 11 is 0. The van der Waals surface area contributed by atoms with Crippen LogP contribution in [0.3, 0.4) is 0 Å². The Morgan fingerprint density at radius 1 is 1.35 bits per heavy atom. The summed E-state index contributed by atoms with van der Waals surface area (Å²) in [6.07, 6.45) is -0.303. The van der Waals surface area contributed by atoms with E-state index in [-0.39, 0.29) is 26.1 Å². The fraction of sp³-hybridized carbons (Fsp3) is 0.846. The molecule has 1 saturated heterocycles. The quantitative estimate of drug-likeness (QED) is 0.631. The molecule has 0 bridgehead atoms. The SMILES string of the molecule is CCCNS(=O)(=O)N1CCC(NC(=O)OC(C)(C)C)(C(=O)O)C1. The highest BCUT2D eigenvalue weighted by atomic mass is 32.2. The largest absolute Gasteiger partial charge is 0.479 e. The maximum absolute atomic E-state index is 12.1. The van der Waals surface area contributed by atoms with Crippen molar-refractivity contribution in [1.29, 1.82) is 0 Å². The molecule has 10 heteroatoms. The summed E-state index contributed by atoms with van der Waals surface area (Å²) in [5.41, 5.74) is -2.47. The number of rotatable bonds is 6. The van der Waals surface area contributed by atoms with E-state index in [1.807, 2.05) is 6.92 Å².